The van der Waals surface area contributed by atoms with Gasteiger partial charge in [0, 0.05) is 36.1 Å². The summed E-state index contributed by atoms with van der Waals surface area (Å²) < 4.78 is 0. The first-order chi connectivity index (χ1) is 17.5. The maximum Gasteiger partial charge on any atom is 0.253 e. The fourth-order valence-electron chi connectivity index (χ4n) is 5.16. The normalized spacial score (nSPS) is 20.7. The Morgan fingerprint density at radius 3 is 2.25 bits per heavy atom. The molecule has 3 aromatic rings. The summed E-state index contributed by atoms with van der Waals surface area (Å²) in [5.74, 6) is 0.586. The number of piperidine rings is 1. The second kappa shape index (κ2) is 10.4. The van der Waals surface area contributed by atoms with E-state index in [1.165, 1.54) is 0 Å². The van der Waals surface area contributed by atoms with Crippen molar-refractivity contribution in [3.05, 3.63) is 83.1 Å². The van der Waals surface area contributed by atoms with Gasteiger partial charge in [-0.1, -0.05) is 12.1 Å². The summed E-state index contributed by atoms with van der Waals surface area (Å²) in [4.78, 5) is 40.7. The highest BCUT2D eigenvalue weighted by Crippen LogP contribution is 2.38. The van der Waals surface area contributed by atoms with E-state index in [9.17, 15) is 14.7 Å². The number of aliphatic hydroxyl groups excluding tert-OH is 1. The van der Waals surface area contributed by atoms with Crippen molar-refractivity contribution < 1.29 is 14.7 Å². The Bertz CT molecular complexity index is 1200. The third-order valence-electron chi connectivity index (χ3n) is 7.01. The number of hydrogen-bond donors (Lipinski definition) is 3. The van der Waals surface area contributed by atoms with E-state index in [4.69, 9.17) is 0 Å². The summed E-state index contributed by atoms with van der Waals surface area (Å²) in [6, 6.07) is 11.5. The third kappa shape index (κ3) is 5.21. The largest absolute Gasteiger partial charge is 0.392 e. The number of pyridine rings is 1. The Hall–Kier alpha value is -3.85. The third-order valence-corrected chi connectivity index (χ3v) is 7.01. The minimum Gasteiger partial charge on any atom is -0.392 e. The molecule has 0 saturated carbocycles. The van der Waals surface area contributed by atoms with Crippen LogP contribution in [0.1, 0.15) is 63.4 Å². The lowest BCUT2D eigenvalue weighted by Crippen LogP contribution is -2.50. The number of amides is 2. The molecular weight excluding hydrogens is 456 g/mol. The number of aromatic nitrogens is 3. The molecule has 2 bridgehead atoms. The molecule has 2 amide bonds. The van der Waals surface area contributed by atoms with Crippen molar-refractivity contribution >= 4 is 17.6 Å². The number of nitrogens with zero attached hydrogens (tertiary/aromatic N) is 4. The molecule has 9 nitrogen and oxygen atoms in total. The van der Waals surface area contributed by atoms with Crippen LogP contribution in [0.2, 0.25) is 0 Å². The summed E-state index contributed by atoms with van der Waals surface area (Å²) in [6.45, 7) is 2.14. The maximum absolute atomic E-state index is 12.7. The summed E-state index contributed by atoms with van der Waals surface area (Å²) in [5, 5.41) is 15.2. The molecule has 3 atom stereocenters. The van der Waals surface area contributed by atoms with Gasteiger partial charge >= 0.3 is 0 Å². The minimum atomic E-state index is -0.201. The molecule has 0 radical (unpaired) electrons. The van der Waals surface area contributed by atoms with Crippen molar-refractivity contribution in [1.82, 2.24) is 25.6 Å². The van der Waals surface area contributed by atoms with Gasteiger partial charge in [0.25, 0.3) is 11.8 Å². The van der Waals surface area contributed by atoms with Gasteiger partial charge in [-0.3, -0.25) is 19.6 Å². The molecule has 186 valence electrons. The molecule has 1 aromatic carbocycles. The first-order valence-corrected chi connectivity index (χ1v) is 12.3. The van der Waals surface area contributed by atoms with E-state index in [0.29, 0.717) is 35.4 Å². The zero-order valence-electron chi connectivity index (χ0n) is 20.2. The van der Waals surface area contributed by atoms with Gasteiger partial charge in [0.05, 0.1) is 36.3 Å². The number of benzene rings is 1. The van der Waals surface area contributed by atoms with Gasteiger partial charge in [0.2, 0.25) is 0 Å². The molecule has 2 saturated heterocycles. The quantitative estimate of drug-likeness (QED) is 0.469. The second-order valence-corrected chi connectivity index (χ2v) is 9.53. The van der Waals surface area contributed by atoms with Gasteiger partial charge in [-0.25, -0.2) is 4.98 Å². The maximum atomic E-state index is 12.7. The number of aliphatic hydroxyl groups is 1. The zero-order valence-corrected chi connectivity index (χ0v) is 20.2. The Kier molecular flexibility index (Phi) is 6.90. The minimum absolute atomic E-state index is 0.0357. The summed E-state index contributed by atoms with van der Waals surface area (Å²) in [7, 11) is 0. The standard InChI is InChI=1S/C27H30N6O3/c1-17-12-29-22(14-28-17)15-31-26(35)20-6-9-25(30-13-20)33-23-7-8-24(33)11-21(10-23)32-27(36)19-4-2-18(16-34)3-5-19/h2-6,9,12-14,21,23-24,34H,7-8,10-11,15-16H2,1H3,(H,31,35)(H,32,36)/t21-,23+,24-. The van der Waals surface area contributed by atoms with Crippen LogP contribution in [0.15, 0.2) is 55.0 Å². The van der Waals surface area contributed by atoms with Crippen LogP contribution in [0, 0.1) is 6.92 Å². The highest BCUT2D eigenvalue weighted by atomic mass is 16.3. The Labute approximate surface area is 210 Å². The van der Waals surface area contributed by atoms with Crippen molar-refractivity contribution in [3.63, 3.8) is 0 Å². The molecule has 0 aliphatic carbocycles. The summed E-state index contributed by atoms with van der Waals surface area (Å²) in [5.41, 5.74) is 3.42. The summed E-state index contributed by atoms with van der Waals surface area (Å²) >= 11 is 0. The molecule has 0 spiro atoms. The summed E-state index contributed by atoms with van der Waals surface area (Å²) in [6.07, 6.45) is 8.79. The van der Waals surface area contributed by atoms with E-state index < -0.39 is 0 Å². The molecule has 5 rings (SSSR count). The lowest BCUT2D eigenvalue weighted by molar-refractivity contribution is 0.0924. The number of rotatable bonds is 7. The van der Waals surface area contributed by atoms with Crippen LogP contribution in [-0.2, 0) is 13.2 Å². The number of carbonyl (C=O) groups is 2. The molecule has 4 heterocycles. The number of nitrogens with one attached hydrogen (secondary N) is 2. The highest BCUT2D eigenvalue weighted by molar-refractivity contribution is 5.94. The van der Waals surface area contributed by atoms with Crippen LogP contribution in [0.3, 0.4) is 0 Å². The fraction of sp³-hybridized carbons (Fsp3) is 0.370. The average molecular weight is 487 g/mol. The average Bonchev–Trinajstić information content (AvgIpc) is 3.18. The smallest absolute Gasteiger partial charge is 0.253 e. The SMILES string of the molecule is Cc1cnc(CNC(=O)c2ccc(N3[C@@H]4CC[C@H]3C[C@@H](NC(=O)c3ccc(CO)cc3)C4)nc2)cn1. The molecule has 9 heteroatoms. The first-order valence-electron chi connectivity index (χ1n) is 12.3. The van der Waals surface area contributed by atoms with Crippen molar-refractivity contribution in [2.45, 2.75) is 63.9 Å². The van der Waals surface area contributed by atoms with Crippen LogP contribution >= 0.6 is 0 Å². The van der Waals surface area contributed by atoms with Gasteiger partial charge in [0.1, 0.15) is 5.82 Å². The number of aryl methyl sites for hydroxylation is 1. The Morgan fingerprint density at radius 1 is 0.917 bits per heavy atom. The van der Waals surface area contributed by atoms with Gasteiger partial charge in [-0.2, -0.15) is 0 Å². The van der Waals surface area contributed by atoms with Crippen molar-refractivity contribution in [2.75, 3.05) is 4.90 Å². The van der Waals surface area contributed by atoms with Crippen LogP contribution in [0.25, 0.3) is 0 Å². The molecular formula is C27H30N6O3. The number of fused-ring (bicyclic) bond motifs is 2. The molecule has 2 fully saturated rings. The van der Waals surface area contributed by atoms with Gasteiger partial charge in [-0.05, 0) is 62.4 Å². The first kappa shape index (κ1) is 23.9. The highest BCUT2D eigenvalue weighted by Gasteiger charge is 2.41. The van der Waals surface area contributed by atoms with Crippen LogP contribution in [0.4, 0.5) is 5.82 Å². The van der Waals surface area contributed by atoms with Crippen molar-refractivity contribution in [3.8, 4) is 0 Å². The molecule has 36 heavy (non-hydrogen) atoms. The topological polar surface area (TPSA) is 120 Å². The molecule has 2 aliphatic rings. The number of anilines is 1. The van der Waals surface area contributed by atoms with E-state index >= 15 is 0 Å². The van der Waals surface area contributed by atoms with E-state index in [1.807, 2.05) is 19.1 Å². The van der Waals surface area contributed by atoms with Crippen LogP contribution < -0.4 is 15.5 Å². The van der Waals surface area contributed by atoms with E-state index in [0.717, 1.165) is 42.8 Å². The van der Waals surface area contributed by atoms with E-state index in [1.54, 1.807) is 42.9 Å². The van der Waals surface area contributed by atoms with Crippen molar-refractivity contribution in [1.29, 1.82) is 0 Å². The lowest BCUT2D eigenvalue weighted by atomic mass is 9.96. The number of hydrogen-bond acceptors (Lipinski definition) is 7. The Morgan fingerprint density at radius 2 is 1.64 bits per heavy atom. The van der Waals surface area contributed by atoms with Gasteiger partial charge in [-0.15, -0.1) is 0 Å². The fourth-order valence-corrected chi connectivity index (χ4v) is 5.16. The molecule has 3 N–H and O–H groups in total. The van der Waals surface area contributed by atoms with Gasteiger partial charge < -0.3 is 20.6 Å². The van der Waals surface area contributed by atoms with E-state index in [-0.39, 0.29) is 24.5 Å². The molecule has 2 aliphatic heterocycles. The van der Waals surface area contributed by atoms with Crippen molar-refractivity contribution in [2.24, 2.45) is 0 Å². The van der Waals surface area contributed by atoms with E-state index in [2.05, 4.69) is 30.5 Å². The van der Waals surface area contributed by atoms with Gasteiger partial charge in [0.15, 0.2) is 0 Å². The van der Waals surface area contributed by atoms with Crippen LogP contribution in [0.5, 0.6) is 0 Å². The zero-order chi connectivity index (χ0) is 25.1. The molecule has 2 aromatic heterocycles. The monoisotopic (exact) mass is 486 g/mol. The second-order valence-electron chi connectivity index (χ2n) is 9.53. The van der Waals surface area contributed by atoms with Crippen LogP contribution in [-0.4, -0.2) is 50.0 Å². The lowest BCUT2D eigenvalue weighted by Gasteiger charge is -2.40. The Balaban J connectivity index is 1.17. The number of carbonyl (C=O) groups excluding carboxylic acids is 2. The predicted octanol–water partition coefficient (Wildman–Crippen LogP) is 2.53. The predicted molar refractivity (Wildman–Crippen MR) is 134 cm³/mol. The molecule has 0 unspecified atom stereocenters.